The van der Waals surface area contributed by atoms with Crippen LogP contribution in [0.4, 0.5) is 11.6 Å². The second-order valence-corrected chi connectivity index (χ2v) is 6.03. The van der Waals surface area contributed by atoms with Crippen molar-refractivity contribution in [1.82, 2.24) is 15.0 Å². The van der Waals surface area contributed by atoms with E-state index in [1.807, 2.05) is 24.1 Å². The number of carbonyl (C=O) groups is 1. The minimum absolute atomic E-state index is 0.321. The average Bonchev–Trinajstić information content (AvgIpc) is 2.55. The van der Waals surface area contributed by atoms with E-state index in [1.165, 1.54) is 7.11 Å². The van der Waals surface area contributed by atoms with Gasteiger partial charge in [-0.1, -0.05) is 12.1 Å². The molecule has 0 saturated heterocycles. The number of H-pyrrole nitrogens is 2. The number of nitrogens with zero attached hydrogens (tertiary/aromatic N) is 2. The predicted molar refractivity (Wildman–Crippen MR) is 100 cm³/mol. The van der Waals surface area contributed by atoms with Crippen molar-refractivity contribution in [1.29, 1.82) is 0 Å². The number of methoxy groups -OCH3 is 1. The topological polar surface area (TPSA) is 106 Å². The molecule has 2 aromatic rings. The van der Waals surface area contributed by atoms with Crippen LogP contribution in [0.5, 0.6) is 0 Å². The van der Waals surface area contributed by atoms with E-state index >= 15 is 0 Å². The van der Waals surface area contributed by atoms with Crippen molar-refractivity contribution < 1.29 is 14.6 Å². The molecule has 1 aromatic heterocycles. The number of rotatable bonds is 8. The highest BCUT2D eigenvalue weighted by atomic mass is 32.1. The third-order valence-electron chi connectivity index (χ3n) is 3.50. The van der Waals surface area contributed by atoms with Crippen molar-refractivity contribution in [2.45, 2.75) is 6.10 Å². The number of likely N-dealkylation sites (N-methyl/N-ethyl adjacent to an activating group) is 1. The molecule has 0 bridgehead atoms. The van der Waals surface area contributed by atoms with E-state index in [-0.39, 0.29) is 0 Å². The molecule has 2 rings (SSSR count). The minimum atomic E-state index is -1.01. The van der Waals surface area contributed by atoms with Crippen molar-refractivity contribution in [3.05, 3.63) is 39.4 Å². The van der Waals surface area contributed by atoms with Crippen LogP contribution in [0.25, 0.3) is 0 Å². The molecule has 4 N–H and O–H groups in total. The van der Waals surface area contributed by atoms with Crippen LogP contribution in [-0.4, -0.2) is 53.3 Å². The van der Waals surface area contributed by atoms with E-state index in [2.05, 4.69) is 20.3 Å². The molecule has 0 saturated carbocycles. The first kappa shape index (κ1) is 19.0. The van der Waals surface area contributed by atoms with Gasteiger partial charge in [-0.05, 0) is 42.1 Å². The maximum Gasteiger partial charge on any atom is 0.337 e. The van der Waals surface area contributed by atoms with Crippen LogP contribution in [0.1, 0.15) is 11.7 Å². The lowest BCUT2D eigenvalue weighted by atomic mass is 10.1. The predicted octanol–water partition coefficient (Wildman–Crippen LogP) is 2.52. The summed E-state index contributed by atoms with van der Waals surface area (Å²) >= 11 is 9.98. The fraction of sp³-hybridized carbons (Fsp3) is 0.333. The average molecular weight is 381 g/mol. The number of aromatic amines is 2. The summed E-state index contributed by atoms with van der Waals surface area (Å²) in [5.41, 5.74) is 1.55. The fourth-order valence-electron chi connectivity index (χ4n) is 2.23. The van der Waals surface area contributed by atoms with E-state index in [0.29, 0.717) is 34.1 Å². The molecular weight excluding hydrogens is 362 g/mol. The number of carboxylic acid groups (broad SMARTS) is 1. The standard InChI is InChI=1S/C15H19N5O3S2/c1-20(8-7-16-13-17-14(24)19-15(25)18-13)10-5-3-9(4-6-10)11(23-2)12(21)22/h3-6,11H,7-8H2,1-2H3,(H,21,22)(H3,16,17,18,19,24,25). The summed E-state index contributed by atoms with van der Waals surface area (Å²) in [7, 11) is 3.31. The molecule has 0 aliphatic carbocycles. The van der Waals surface area contributed by atoms with Gasteiger partial charge in [0.1, 0.15) is 0 Å². The Bertz CT molecular complexity index is 806. The van der Waals surface area contributed by atoms with Gasteiger partial charge in [-0.2, -0.15) is 4.98 Å². The molecule has 0 fully saturated rings. The number of aromatic nitrogens is 3. The Morgan fingerprint density at radius 2 is 2.04 bits per heavy atom. The highest BCUT2D eigenvalue weighted by Crippen LogP contribution is 2.20. The van der Waals surface area contributed by atoms with Crippen molar-refractivity contribution in [2.24, 2.45) is 0 Å². The number of ether oxygens (including phenoxy) is 1. The van der Waals surface area contributed by atoms with Crippen LogP contribution in [0.2, 0.25) is 0 Å². The Labute approximate surface area is 154 Å². The van der Waals surface area contributed by atoms with Crippen molar-refractivity contribution in [2.75, 3.05) is 37.5 Å². The number of carboxylic acids is 1. The van der Waals surface area contributed by atoms with E-state index < -0.39 is 12.1 Å². The minimum Gasteiger partial charge on any atom is -0.479 e. The van der Waals surface area contributed by atoms with Gasteiger partial charge >= 0.3 is 5.97 Å². The summed E-state index contributed by atoms with van der Waals surface area (Å²) in [5, 5.41) is 12.2. The van der Waals surface area contributed by atoms with Gasteiger partial charge < -0.3 is 30.0 Å². The Hall–Kier alpha value is -2.30. The van der Waals surface area contributed by atoms with Gasteiger partial charge in [-0.3, -0.25) is 0 Å². The molecule has 134 valence electrons. The van der Waals surface area contributed by atoms with E-state index in [0.717, 1.165) is 5.69 Å². The molecule has 1 unspecified atom stereocenters. The molecule has 10 heteroatoms. The number of benzene rings is 1. The molecule has 1 heterocycles. The lowest BCUT2D eigenvalue weighted by molar-refractivity contribution is -0.148. The third-order valence-corrected chi connectivity index (χ3v) is 3.90. The van der Waals surface area contributed by atoms with Gasteiger partial charge in [0.25, 0.3) is 0 Å². The van der Waals surface area contributed by atoms with Crippen LogP contribution in [0.3, 0.4) is 0 Å². The van der Waals surface area contributed by atoms with Crippen LogP contribution in [0.15, 0.2) is 24.3 Å². The van der Waals surface area contributed by atoms with E-state index in [1.54, 1.807) is 12.1 Å². The van der Waals surface area contributed by atoms with Gasteiger partial charge in [-0.15, -0.1) is 0 Å². The largest absolute Gasteiger partial charge is 0.479 e. The Morgan fingerprint density at radius 1 is 1.36 bits per heavy atom. The zero-order valence-electron chi connectivity index (χ0n) is 13.8. The van der Waals surface area contributed by atoms with Crippen LogP contribution < -0.4 is 10.2 Å². The summed E-state index contributed by atoms with van der Waals surface area (Å²) in [6.07, 6.45) is -0.960. The van der Waals surface area contributed by atoms with Crippen molar-refractivity contribution in [3.8, 4) is 0 Å². The normalized spacial score (nSPS) is 11.8. The summed E-state index contributed by atoms with van der Waals surface area (Å²) in [6, 6.07) is 7.21. The van der Waals surface area contributed by atoms with Gasteiger partial charge in [-0.25, -0.2) is 4.79 Å². The molecule has 1 atom stereocenters. The molecule has 0 spiro atoms. The maximum absolute atomic E-state index is 11.1. The first-order valence-corrected chi connectivity index (χ1v) is 8.23. The summed E-state index contributed by atoms with van der Waals surface area (Å²) < 4.78 is 5.71. The number of nitrogens with one attached hydrogen (secondary N) is 3. The van der Waals surface area contributed by atoms with Crippen molar-refractivity contribution in [3.63, 3.8) is 0 Å². The zero-order chi connectivity index (χ0) is 18.4. The molecule has 1 aromatic carbocycles. The van der Waals surface area contributed by atoms with Crippen molar-refractivity contribution >= 4 is 42.0 Å². The molecule has 0 amide bonds. The number of anilines is 2. The molecule has 0 aliphatic heterocycles. The first-order valence-electron chi connectivity index (χ1n) is 7.42. The smallest absolute Gasteiger partial charge is 0.337 e. The van der Waals surface area contributed by atoms with E-state index in [9.17, 15) is 4.79 Å². The van der Waals surface area contributed by atoms with E-state index in [4.69, 9.17) is 34.3 Å². The molecule has 0 aliphatic rings. The number of hydrogen-bond donors (Lipinski definition) is 4. The Balaban J connectivity index is 1.94. The molecule has 25 heavy (non-hydrogen) atoms. The lowest BCUT2D eigenvalue weighted by Gasteiger charge is -2.20. The summed E-state index contributed by atoms with van der Waals surface area (Å²) in [5.74, 6) is -0.499. The molecular formula is C15H19N5O3S2. The van der Waals surface area contributed by atoms with Gasteiger partial charge in [0.05, 0.1) is 0 Å². The van der Waals surface area contributed by atoms with Crippen LogP contribution in [0, 0.1) is 9.54 Å². The molecule has 8 nitrogen and oxygen atoms in total. The second kappa shape index (κ2) is 8.70. The Kier molecular flexibility index (Phi) is 6.62. The SMILES string of the molecule is COC(C(=O)O)c1ccc(N(C)CCNc2nc(=S)[nH]c(=S)[nH]2)cc1. The zero-order valence-corrected chi connectivity index (χ0v) is 15.4. The lowest BCUT2D eigenvalue weighted by Crippen LogP contribution is -2.25. The van der Waals surface area contributed by atoms with Gasteiger partial charge in [0.2, 0.25) is 10.7 Å². The highest BCUT2D eigenvalue weighted by molar-refractivity contribution is 7.71. The highest BCUT2D eigenvalue weighted by Gasteiger charge is 2.18. The summed E-state index contributed by atoms with van der Waals surface area (Å²) in [4.78, 5) is 22.8. The third kappa shape index (κ3) is 5.34. The van der Waals surface area contributed by atoms with Gasteiger partial charge in [0, 0.05) is 32.9 Å². The summed E-state index contributed by atoms with van der Waals surface area (Å²) in [6.45, 7) is 1.31. The van der Waals surface area contributed by atoms with Gasteiger partial charge in [0.15, 0.2) is 10.9 Å². The number of hydrogen-bond acceptors (Lipinski definition) is 7. The molecule has 0 radical (unpaired) electrons. The fourth-order valence-corrected chi connectivity index (χ4v) is 2.68. The Morgan fingerprint density at radius 3 is 2.60 bits per heavy atom. The second-order valence-electron chi connectivity index (χ2n) is 5.24. The van der Waals surface area contributed by atoms with Crippen LogP contribution >= 0.6 is 24.4 Å². The maximum atomic E-state index is 11.1. The first-order chi connectivity index (χ1) is 11.9. The number of aliphatic carboxylic acids is 1. The monoisotopic (exact) mass is 381 g/mol. The van der Waals surface area contributed by atoms with Crippen LogP contribution in [-0.2, 0) is 9.53 Å². The quantitative estimate of drug-likeness (QED) is 0.517.